The number of fused-ring (bicyclic) bond motifs is 1. The van der Waals surface area contributed by atoms with Crippen molar-refractivity contribution >= 4 is 23.0 Å². The second-order valence-corrected chi connectivity index (χ2v) is 4.55. The topological polar surface area (TPSA) is 52.3 Å². The summed E-state index contributed by atoms with van der Waals surface area (Å²) in [5.74, 6) is -0.304. The molecule has 14 heavy (non-hydrogen) atoms. The summed E-state index contributed by atoms with van der Waals surface area (Å²) in [5, 5.41) is 0. The first-order valence-electron chi connectivity index (χ1n) is 4.72. The Morgan fingerprint density at radius 1 is 1.43 bits per heavy atom. The summed E-state index contributed by atoms with van der Waals surface area (Å²) in [6.45, 7) is 0. The lowest BCUT2D eigenvalue weighted by Crippen LogP contribution is -2.04. The van der Waals surface area contributed by atoms with Gasteiger partial charge in [-0.05, 0) is 31.2 Å². The van der Waals surface area contributed by atoms with Crippen molar-refractivity contribution in [3.8, 4) is 0 Å². The minimum absolute atomic E-state index is 0.304. The lowest BCUT2D eigenvalue weighted by molar-refractivity contribution is 0.0607. The minimum Gasteiger partial charge on any atom is -0.465 e. The summed E-state index contributed by atoms with van der Waals surface area (Å²) in [7, 11) is 1.39. The second-order valence-electron chi connectivity index (χ2n) is 3.45. The molecule has 0 fully saturated rings. The maximum atomic E-state index is 11.4. The van der Waals surface area contributed by atoms with Crippen LogP contribution in [0.15, 0.2) is 0 Å². The molecule has 1 aliphatic rings. The van der Waals surface area contributed by atoms with Gasteiger partial charge in [0.15, 0.2) is 0 Å². The molecule has 1 aromatic heterocycles. The Balaban J connectivity index is 2.43. The number of ether oxygens (including phenoxy) is 1. The fourth-order valence-electron chi connectivity index (χ4n) is 1.83. The van der Waals surface area contributed by atoms with Gasteiger partial charge in [0.2, 0.25) is 0 Å². The highest BCUT2D eigenvalue weighted by Crippen LogP contribution is 2.36. The summed E-state index contributed by atoms with van der Waals surface area (Å²) >= 11 is 1.50. The zero-order valence-electron chi connectivity index (χ0n) is 8.13. The molecule has 0 radical (unpaired) electrons. The number of carbonyl (C=O) groups is 1. The molecule has 4 heteroatoms. The standard InChI is InChI=1S/C10H13NO2S/c1-13-10(12)9-8(11)6-4-2-3-5-7(6)14-9/h2-5,11H2,1H3. The first kappa shape index (κ1) is 9.52. The van der Waals surface area contributed by atoms with Crippen molar-refractivity contribution in [2.24, 2.45) is 0 Å². The number of nitrogen functional groups attached to an aromatic ring is 1. The van der Waals surface area contributed by atoms with Crippen LogP contribution in [0.2, 0.25) is 0 Å². The van der Waals surface area contributed by atoms with E-state index in [1.807, 2.05) is 0 Å². The largest absolute Gasteiger partial charge is 0.465 e. The van der Waals surface area contributed by atoms with Crippen LogP contribution in [0.1, 0.15) is 33.0 Å². The number of rotatable bonds is 1. The molecule has 0 saturated heterocycles. The third-order valence-electron chi connectivity index (χ3n) is 2.58. The SMILES string of the molecule is COC(=O)c1sc2c(c1N)CCCC2. The van der Waals surface area contributed by atoms with Crippen molar-refractivity contribution in [1.82, 2.24) is 0 Å². The van der Waals surface area contributed by atoms with Gasteiger partial charge in [0.1, 0.15) is 4.88 Å². The van der Waals surface area contributed by atoms with Gasteiger partial charge in [-0.1, -0.05) is 0 Å². The van der Waals surface area contributed by atoms with Crippen molar-refractivity contribution in [2.45, 2.75) is 25.7 Å². The van der Waals surface area contributed by atoms with Gasteiger partial charge in [0, 0.05) is 4.88 Å². The smallest absolute Gasteiger partial charge is 0.350 e. The fraction of sp³-hybridized carbons (Fsp3) is 0.500. The number of methoxy groups -OCH3 is 1. The highest BCUT2D eigenvalue weighted by molar-refractivity contribution is 7.14. The van der Waals surface area contributed by atoms with Crippen LogP contribution >= 0.6 is 11.3 Å². The maximum Gasteiger partial charge on any atom is 0.350 e. The zero-order chi connectivity index (χ0) is 10.1. The molecule has 0 bridgehead atoms. The fourth-order valence-corrected chi connectivity index (χ4v) is 3.06. The van der Waals surface area contributed by atoms with Crippen LogP contribution in [0.5, 0.6) is 0 Å². The molecular weight excluding hydrogens is 198 g/mol. The Morgan fingerprint density at radius 2 is 2.14 bits per heavy atom. The number of anilines is 1. The van der Waals surface area contributed by atoms with E-state index in [4.69, 9.17) is 5.73 Å². The van der Waals surface area contributed by atoms with E-state index in [0.717, 1.165) is 12.8 Å². The number of carbonyl (C=O) groups excluding carboxylic acids is 1. The third-order valence-corrected chi connectivity index (χ3v) is 3.87. The van der Waals surface area contributed by atoms with Crippen LogP contribution < -0.4 is 5.73 Å². The van der Waals surface area contributed by atoms with Crippen molar-refractivity contribution in [3.63, 3.8) is 0 Å². The monoisotopic (exact) mass is 211 g/mol. The van der Waals surface area contributed by atoms with Gasteiger partial charge >= 0.3 is 5.97 Å². The molecule has 0 saturated carbocycles. The number of hydrogen-bond acceptors (Lipinski definition) is 4. The molecule has 0 unspecified atom stereocenters. The van der Waals surface area contributed by atoms with Crippen LogP contribution in [0.4, 0.5) is 5.69 Å². The van der Waals surface area contributed by atoms with E-state index in [1.54, 1.807) is 0 Å². The van der Waals surface area contributed by atoms with Crippen molar-refractivity contribution in [3.05, 3.63) is 15.3 Å². The van der Waals surface area contributed by atoms with Crippen LogP contribution in [0, 0.1) is 0 Å². The highest BCUT2D eigenvalue weighted by atomic mass is 32.1. The Morgan fingerprint density at radius 3 is 2.79 bits per heavy atom. The average Bonchev–Trinajstić information content (AvgIpc) is 2.56. The Kier molecular flexibility index (Phi) is 2.46. The first-order valence-corrected chi connectivity index (χ1v) is 5.54. The number of nitrogens with two attached hydrogens (primary N) is 1. The predicted octanol–water partition coefficient (Wildman–Crippen LogP) is 2.00. The molecule has 1 aromatic rings. The normalized spacial score (nSPS) is 14.9. The number of thiophene rings is 1. The summed E-state index contributed by atoms with van der Waals surface area (Å²) in [4.78, 5) is 13.2. The van der Waals surface area contributed by atoms with E-state index >= 15 is 0 Å². The molecule has 0 aliphatic heterocycles. The van der Waals surface area contributed by atoms with Gasteiger partial charge in [0.05, 0.1) is 12.8 Å². The Bertz CT molecular complexity index is 370. The number of hydrogen-bond donors (Lipinski definition) is 1. The van der Waals surface area contributed by atoms with E-state index in [2.05, 4.69) is 4.74 Å². The molecule has 2 rings (SSSR count). The van der Waals surface area contributed by atoms with Crippen molar-refractivity contribution in [2.75, 3.05) is 12.8 Å². The van der Waals surface area contributed by atoms with Crippen molar-refractivity contribution in [1.29, 1.82) is 0 Å². The van der Waals surface area contributed by atoms with E-state index in [9.17, 15) is 4.79 Å². The first-order chi connectivity index (χ1) is 6.74. The quantitative estimate of drug-likeness (QED) is 0.723. The molecule has 1 aliphatic carbocycles. The van der Waals surface area contributed by atoms with Gasteiger partial charge in [-0.25, -0.2) is 4.79 Å². The predicted molar refractivity (Wildman–Crippen MR) is 56.7 cm³/mol. The summed E-state index contributed by atoms with van der Waals surface area (Å²) in [6.07, 6.45) is 4.44. The second kappa shape index (κ2) is 3.61. The average molecular weight is 211 g/mol. The van der Waals surface area contributed by atoms with Gasteiger partial charge in [-0.2, -0.15) is 0 Å². The maximum absolute atomic E-state index is 11.4. The van der Waals surface area contributed by atoms with E-state index < -0.39 is 0 Å². The zero-order valence-corrected chi connectivity index (χ0v) is 8.95. The molecule has 0 amide bonds. The minimum atomic E-state index is -0.304. The number of esters is 1. The van der Waals surface area contributed by atoms with Crippen LogP contribution in [0.25, 0.3) is 0 Å². The molecule has 76 valence electrons. The molecule has 0 aromatic carbocycles. The lowest BCUT2D eigenvalue weighted by Gasteiger charge is -2.10. The van der Waals surface area contributed by atoms with E-state index in [0.29, 0.717) is 10.6 Å². The molecule has 0 atom stereocenters. The summed E-state index contributed by atoms with van der Waals surface area (Å²) < 4.78 is 4.69. The summed E-state index contributed by atoms with van der Waals surface area (Å²) in [6, 6.07) is 0. The molecule has 3 nitrogen and oxygen atoms in total. The van der Waals surface area contributed by atoms with Crippen LogP contribution in [-0.4, -0.2) is 13.1 Å². The van der Waals surface area contributed by atoms with Gasteiger partial charge in [0.25, 0.3) is 0 Å². The van der Waals surface area contributed by atoms with E-state index in [-0.39, 0.29) is 5.97 Å². The van der Waals surface area contributed by atoms with Crippen molar-refractivity contribution < 1.29 is 9.53 Å². The van der Waals surface area contributed by atoms with Crippen LogP contribution in [0.3, 0.4) is 0 Å². The molecular formula is C10H13NO2S. The molecule has 0 spiro atoms. The molecule has 1 heterocycles. The van der Waals surface area contributed by atoms with E-state index in [1.165, 1.54) is 41.7 Å². The summed E-state index contributed by atoms with van der Waals surface area (Å²) in [5.41, 5.74) is 7.74. The van der Waals surface area contributed by atoms with Gasteiger partial charge in [-0.15, -0.1) is 11.3 Å². The van der Waals surface area contributed by atoms with Gasteiger partial charge in [-0.3, -0.25) is 0 Å². The Labute approximate surface area is 86.9 Å². The van der Waals surface area contributed by atoms with Crippen LogP contribution in [-0.2, 0) is 17.6 Å². The number of aryl methyl sites for hydroxylation is 1. The third kappa shape index (κ3) is 1.39. The lowest BCUT2D eigenvalue weighted by atomic mass is 9.98. The molecule has 2 N–H and O–H groups in total. The Hall–Kier alpha value is -1.03. The van der Waals surface area contributed by atoms with Gasteiger partial charge < -0.3 is 10.5 Å². The highest BCUT2D eigenvalue weighted by Gasteiger charge is 2.22.